The van der Waals surface area contributed by atoms with Gasteiger partial charge < -0.3 is 14.7 Å². The predicted octanol–water partition coefficient (Wildman–Crippen LogP) is 3.25. The van der Waals surface area contributed by atoms with Gasteiger partial charge in [-0.05, 0) is 53.4 Å². The first-order valence-corrected chi connectivity index (χ1v) is 11.9. The Morgan fingerprint density at radius 3 is 2.42 bits per heavy atom. The number of benzene rings is 1. The summed E-state index contributed by atoms with van der Waals surface area (Å²) in [6, 6.07) is 11.2. The van der Waals surface area contributed by atoms with E-state index in [2.05, 4.69) is 99.9 Å². The molecule has 0 spiro atoms. The summed E-state index contributed by atoms with van der Waals surface area (Å²) in [5, 5.41) is 0. The van der Waals surface area contributed by atoms with Crippen LogP contribution in [-0.2, 0) is 6.54 Å². The summed E-state index contributed by atoms with van der Waals surface area (Å²) in [5.41, 5.74) is 2.89. The number of hydrogen-bond acceptors (Lipinski definition) is 8. The molecule has 1 unspecified atom stereocenters. The Bertz CT molecular complexity index is 1030. The van der Waals surface area contributed by atoms with E-state index in [1.807, 2.05) is 6.20 Å². The summed E-state index contributed by atoms with van der Waals surface area (Å²) in [4.78, 5) is 28.0. The van der Waals surface area contributed by atoms with Gasteiger partial charge in [-0.15, -0.1) is 0 Å². The van der Waals surface area contributed by atoms with Gasteiger partial charge in [-0.2, -0.15) is 0 Å². The molecule has 1 atom stereocenters. The molecule has 8 nitrogen and oxygen atoms in total. The van der Waals surface area contributed by atoms with Gasteiger partial charge in [-0.25, -0.2) is 19.9 Å². The third-order valence-corrected chi connectivity index (χ3v) is 6.80. The molecular weight excluding hydrogens is 412 g/mol. The van der Waals surface area contributed by atoms with E-state index < -0.39 is 0 Å². The molecule has 0 amide bonds. The van der Waals surface area contributed by atoms with Crippen molar-refractivity contribution in [3.05, 3.63) is 48.4 Å². The zero-order valence-electron chi connectivity index (χ0n) is 20.5. The minimum atomic E-state index is 0.141. The second kappa shape index (κ2) is 10.4. The van der Waals surface area contributed by atoms with Crippen molar-refractivity contribution in [2.75, 3.05) is 50.6 Å². The summed E-state index contributed by atoms with van der Waals surface area (Å²) >= 11 is 0. The third kappa shape index (κ3) is 5.23. The number of rotatable bonds is 8. The van der Waals surface area contributed by atoms with Crippen LogP contribution < -0.4 is 9.80 Å². The topological polar surface area (TPSA) is 64.5 Å². The highest BCUT2D eigenvalue weighted by Gasteiger charge is 2.25. The van der Waals surface area contributed by atoms with Crippen molar-refractivity contribution >= 4 is 22.8 Å². The minimum Gasteiger partial charge on any atom is -0.341 e. The first-order chi connectivity index (χ1) is 16.0. The molecule has 1 aliphatic rings. The van der Waals surface area contributed by atoms with E-state index in [9.17, 15) is 0 Å². The zero-order valence-corrected chi connectivity index (χ0v) is 20.5. The highest BCUT2D eigenvalue weighted by molar-refractivity contribution is 5.85. The SMILES string of the molecule is CCN(c1ncnc2cnc(N3CCC(N(C)C)CC3)nc12)C(C)N(C)Cc1ccccc1. The van der Waals surface area contributed by atoms with Crippen LogP contribution in [0.3, 0.4) is 0 Å². The number of hydrogen-bond donors (Lipinski definition) is 0. The molecule has 33 heavy (non-hydrogen) atoms. The predicted molar refractivity (Wildman–Crippen MR) is 134 cm³/mol. The molecule has 3 aromatic rings. The van der Waals surface area contributed by atoms with Crippen molar-refractivity contribution < 1.29 is 0 Å². The van der Waals surface area contributed by atoms with E-state index in [4.69, 9.17) is 4.98 Å². The number of aromatic nitrogens is 4. The van der Waals surface area contributed by atoms with Crippen molar-refractivity contribution in [3.8, 4) is 0 Å². The molecule has 1 aromatic carbocycles. The Labute approximate surface area is 197 Å². The lowest BCUT2D eigenvalue weighted by atomic mass is 10.0. The Hall–Kier alpha value is -2.84. The second-order valence-corrected chi connectivity index (χ2v) is 9.10. The fraction of sp³-hybridized carbons (Fsp3) is 0.520. The lowest BCUT2D eigenvalue weighted by Gasteiger charge is -2.36. The first-order valence-electron chi connectivity index (χ1n) is 11.9. The van der Waals surface area contributed by atoms with E-state index in [-0.39, 0.29) is 6.17 Å². The summed E-state index contributed by atoms with van der Waals surface area (Å²) in [5.74, 6) is 1.64. The summed E-state index contributed by atoms with van der Waals surface area (Å²) < 4.78 is 0. The second-order valence-electron chi connectivity index (χ2n) is 9.10. The molecule has 1 aliphatic heterocycles. The molecule has 0 bridgehead atoms. The van der Waals surface area contributed by atoms with E-state index in [1.165, 1.54) is 5.56 Å². The van der Waals surface area contributed by atoms with Gasteiger partial charge in [0.05, 0.1) is 12.4 Å². The number of piperidine rings is 1. The van der Waals surface area contributed by atoms with Crippen molar-refractivity contribution in [1.29, 1.82) is 0 Å². The van der Waals surface area contributed by atoms with Crippen LogP contribution >= 0.6 is 0 Å². The third-order valence-electron chi connectivity index (χ3n) is 6.80. The summed E-state index contributed by atoms with van der Waals surface area (Å²) in [6.45, 7) is 7.99. The number of anilines is 2. The first kappa shape index (κ1) is 23.3. The molecule has 1 fully saturated rings. The van der Waals surface area contributed by atoms with E-state index >= 15 is 0 Å². The lowest BCUT2D eigenvalue weighted by Crippen LogP contribution is -2.45. The van der Waals surface area contributed by atoms with Gasteiger partial charge in [0.25, 0.3) is 0 Å². The smallest absolute Gasteiger partial charge is 0.226 e. The molecule has 1 saturated heterocycles. The quantitative estimate of drug-likeness (QED) is 0.487. The molecule has 8 heteroatoms. The molecule has 176 valence electrons. The van der Waals surface area contributed by atoms with Crippen LogP contribution in [0.5, 0.6) is 0 Å². The molecule has 0 radical (unpaired) electrons. The molecule has 4 rings (SSSR count). The van der Waals surface area contributed by atoms with Crippen molar-refractivity contribution in [3.63, 3.8) is 0 Å². The van der Waals surface area contributed by atoms with Crippen LogP contribution in [0, 0.1) is 0 Å². The van der Waals surface area contributed by atoms with E-state index in [0.29, 0.717) is 6.04 Å². The van der Waals surface area contributed by atoms with E-state index in [0.717, 1.165) is 61.8 Å². The zero-order chi connectivity index (χ0) is 23.4. The maximum absolute atomic E-state index is 4.98. The lowest BCUT2D eigenvalue weighted by molar-refractivity contribution is 0.242. The molecule has 3 heterocycles. The van der Waals surface area contributed by atoms with Gasteiger partial charge in [0.15, 0.2) is 5.82 Å². The van der Waals surface area contributed by atoms with E-state index in [1.54, 1.807) is 6.33 Å². The molecule has 0 saturated carbocycles. The molecule has 0 N–H and O–H groups in total. The van der Waals surface area contributed by atoms with Gasteiger partial charge in [0.1, 0.15) is 17.4 Å². The Kier molecular flexibility index (Phi) is 7.35. The van der Waals surface area contributed by atoms with Gasteiger partial charge in [-0.1, -0.05) is 30.3 Å². The van der Waals surface area contributed by atoms with Gasteiger partial charge in [-0.3, -0.25) is 4.90 Å². The van der Waals surface area contributed by atoms with Crippen LogP contribution in [0.15, 0.2) is 42.9 Å². The number of nitrogens with zero attached hydrogens (tertiary/aromatic N) is 8. The Balaban J connectivity index is 1.58. The van der Waals surface area contributed by atoms with Crippen LogP contribution in [0.25, 0.3) is 11.0 Å². The fourth-order valence-electron chi connectivity index (χ4n) is 4.61. The van der Waals surface area contributed by atoms with Gasteiger partial charge >= 0.3 is 0 Å². The van der Waals surface area contributed by atoms with Gasteiger partial charge in [0, 0.05) is 32.2 Å². The Morgan fingerprint density at radius 1 is 1.03 bits per heavy atom. The number of fused-ring (bicyclic) bond motifs is 1. The molecule has 0 aliphatic carbocycles. The summed E-state index contributed by atoms with van der Waals surface area (Å²) in [7, 11) is 6.47. The fourth-order valence-corrected chi connectivity index (χ4v) is 4.61. The maximum atomic E-state index is 4.98. The van der Waals surface area contributed by atoms with Crippen LogP contribution in [0.1, 0.15) is 32.3 Å². The van der Waals surface area contributed by atoms with Crippen LogP contribution in [0.2, 0.25) is 0 Å². The Morgan fingerprint density at radius 2 is 1.76 bits per heavy atom. The standard InChI is InChI=1S/C25H36N8/c1-6-33(19(2)31(5)17-20-10-8-7-9-11-20)24-23-22(27-18-28-24)16-26-25(29-23)32-14-12-21(13-15-32)30(3)4/h7-11,16,18-19,21H,6,12-15,17H2,1-5H3. The van der Waals surface area contributed by atoms with Crippen molar-refractivity contribution in [2.45, 2.75) is 45.4 Å². The normalized spacial score (nSPS) is 16.0. The average molecular weight is 449 g/mol. The molecular formula is C25H36N8. The average Bonchev–Trinajstić information content (AvgIpc) is 2.85. The summed E-state index contributed by atoms with van der Waals surface area (Å²) in [6.07, 6.45) is 5.84. The highest BCUT2D eigenvalue weighted by atomic mass is 15.4. The maximum Gasteiger partial charge on any atom is 0.226 e. The van der Waals surface area contributed by atoms with Crippen LogP contribution in [0.4, 0.5) is 11.8 Å². The van der Waals surface area contributed by atoms with Crippen molar-refractivity contribution in [2.24, 2.45) is 0 Å². The molecule has 2 aromatic heterocycles. The minimum absolute atomic E-state index is 0.141. The largest absolute Gasteiger partial charge is 0.341 e. The monoisotopic (exact) mass is 448 g/mol. The van der Waals surface area contributed by atoms with Gasteiger partial charge in [0.2, 0.25) is 5.95 Å². The highest BCUT2D eigenvalue weighted by Crippen LogP contribution is 2.26. The van der Waals surface area contributed by atoms with Crippen molar-refractivity contribution in [1.82, 2.24) is 29.7 Å². The van der Waals surface area contributed by atoms with Crippen LogP contribution in [-0.4, -0.2) is 82.7 Å².